The first-order valence-corrected chi connectivity index (χ1v) is 6.49. The van der Waals surface area contributed by atoms with Crippen LogP contribution in [0, 0.1) is 11.8 Å². The average Bonchev–Trinajstić information content (AvgIpc) is 1.89. The number of rotatable bonds is 5. The Morgan fingerprint density at radius 2 is 1.20 bits per heavy atom. The lowest BCUT2D eigenvalue weighted by molar-refractivity contribution is 0.473. The van der Waals surface area contributed by atoms with E-state index >= 15 is 0 Å². The molecule has 2 unspecified atom stereocenters. The van der Waals surface area contributed by atoms with Crippen LogP contribution in [0.15, 0.2) is 0 Å². The molecule has 0 rings (SSSR count). The predicted molar refractivity (Wildman–Crippen MR) is 55.1 cm³/mol. The molecule has 0 aromatic carbocycles. The van der Waals surface area contributed by atoms with Gasteiger partial charge in [0, 0.05) is 0 Å². The van der Waals surface area contributed by atoms with Gasteiger partial charge in [0.2, 0.25) is 0 Å². The van der Waals surface area contributed by atoms with Gasteiger partial charge in [-0.3, -0.25) is 0 Å². The molecule has 0 aromatic rings. The lowest BCUT2D eigenvalue weighted by atomic mass is 10.0. The van der Waals surface area contributed by atoms with Gasteiger partial charge in [0.05, 0.1) is 0 Å². The van der Waals surface area contributed by atoms with E-state index < -0.39 is 0 Å². The Kier molecular flexibility index (Phi) is 6.86. The highest BCUT2D eigenvalue weighted by Crippen LogP contribution is 2.18. The highest BCUT2D eigenvalue weighted by atomic mass is 32.2. The van der Waals surface area contributed by atoms with Gasteiger partial charge in [-0.05, 0) is 35.9 Å². The molecule has 0 N–H and O–H groups in total. The average molecular weight is 178 g/mol. The normalized spacial score (nSPS) is 16.8. The Morgan fingerprint density at radius 3 is 1.40 bits per heavy atom. The molecular weight excluding hydrogens is 160 g/mol. The summed E-state index contributed by atoms with van der Waals surface area (Å²) < 4.78 is 0. The molecule has 10 heavy (non-hydrogen) atoms. The van der Waals surface area contributed by atoms with Crippen LogP contribution in [0.3, 0.4) is 0 Å². The van der Waals surface area contributed by atoms with Crippen molar-refractivity contribution < 1.29 is 0 Å². The minimum absolute atomic E-state index is 0.877. The molecule has 0 aliphatic heterocycles. The van der Waals surface area contributed by atoms with E-state index in [1.54, 1.807) is 0 Å². The summed E-state index contributed by atoms with van der Waals surface area (Å²) >= 11 is 3.91. The van der Waals surface area contributed by atoms with Gasteiger partial charge in [-0.2, -0.15) is 23.5 Å². The van der Waals surface area contributed by atoms with Crippen LogP contribution >= 0.6 is 23.5 Å². The topological polar surface area (TPSA) is 0 Å². The third kappa shape index (κ3) is 4.51. The van der Waals surface area contributed by atoms with Gasteiger partial charge in [0.1, 0.15) is 0 Å². The molecule has 0 saturated carbocycles. The lowest BCUT2D eigenvalue weighted by Crippen LogP contribution is -2.12. The first-order valence-electron chi connectivity index (χ1n) is 3.70. The first-order chi connectivity index (χ1) is 4.72. The van der Waals surface area contributed by atoms with E-state index in [1.165, 1.54) is 11.5 Å². The van der Waals surface area contributed by atoms with Crippen molar-refractivity contribution in [2.75, 3.05) is 24.0 Å². The standard InChI is InChI=1S/C8H18S2/c1-7(5-9-3)8(2)6-10-4/h7-8H,5-6H2,1-4H3. The molecule has 0 aliphatic carbocycles. The maximum atomic E-state index is 2.34. The Morgan fingerprint density at radius 1 is 0.900 bits per heavy atom. The van der Waals surface area contributed by atoms with Crippen LogP contribution in [-0.2, 0) is 0 Å². The van der Waals surface area contributed by atoms with Gasteiger partial charge >= 0.3 is 0 Å². The van der Waals surface area contributed by atoms with Crippen molar-refractivity contribution >= 4 is 23.5 Å². The zero-order valence-electron chi connectivity index (χ0n) is 7.39. The molecule has 0 bridgehead atoms. The smallest absolute Gasteiger partial charge is 0.00417 e. The van der Waals surface area contributed by atoms with Crippen LogP contribution in [0.1, 0.15) is 13.8 Å². The fourth-order valence-electron chi connectivity index (χ4n) is 0.854. The van der Waals surface area contributed by atoms with E-state index in [4.69, 9.17) is 0 Å². The molecular formula is C8H18S2. The van der Waals surface area contributed by atoms with Crippen molar-refractivity contribution in [1.82, 2.24) is 0 Å². The lowest BCUT2D eigenvalue weighted by Gasteiger charge is -2.17. The molecule has 0 heterocycles. The molecule has 0 amide bonds. The number of hydrogen-bond donors (Lipinski definition) is 0. The quantitative estimate of drug-likeness (QED) is 0.635. The minimum Gasteiger partial charge on any atom is -0.165 e. The summed E-state index contributed by atoms with van der Waals surface area (Å²) in [5, 5.41) is 0. The molecule has 0 nitrogen and oxygen atoms in total. The molecule has 0 radical (unpaired) electrons. The van der Waals surface area contributed by atoms with Crippen molar-refractivity contribution in [2.24, 2.45) is 11.8 Å². The summed E-state index contributed by atoms with van der Waals surface area (Å²) in [6, 6.07) is 0. The maximum absolute atomic E-state index is 2.34. The van der Waals surface area contributed by atoms with E-state index in [1.807, 2.05) is 23.5 Å². The van der Waals surface area contributed by atoms with Crippen LogP contribution in [-0.4, -0.2) is 24.0 Å². The van der Waals surface area contributed by atoms with Crippen molar-refractivity contribution in [3.63, 3.8) is 0 Å². The van der Waals surface area contributed by atoms with Crippen LogP contribution in [0.2, 0.25) is 0 Å². The summed E-state index contributed by atoms with van der Waals surface area (Å²) in [5.74, 6) is 4.37. The second-order valence-corrected chi connectivity index (χ2v) is 4.69. The highest BCUT2D eigenvalue weighted by molar-refractivity contribution is 7.98. The van der Waals surface area contributed by atoms with E-state index in [2.05, 4.69) is 26.4 Å². The fourth-order valence-corrected chi connectivity index (χ4v) is 2.56. The first kappa shape index (κ1) is 10.7. The minimum atomic E-state index is 0.877. The third-order valence-electron chi connectivity index (χ3n) is 1.83. The van der Waals surface area contributed by atoms with Crippen molar-refractivity contribution in [3.05, 3.63) is 0 Å². The molecule has 0 fully saturated rings. The Labute approximate surface area is 73.5 Å². The maximum Gasteiger partial charge on any atom is -0.00417 e. The summed E-state index contributed by atoms with van der Waals surface area (Å²) in [7, 11) is 0. The largest absolute Gasteiger partial charge is 0.165 e. The van der Waals surface area contributed by atoms with E-state index in [9.17, 15) is 0 Å². The zero-order chi connectivity index (χ0) is 7.98. The van der Waals surface area contributed by atoms with Crippen LogP contribution in [0.5, 0.6) is 0 Å². The van der Waals surface area contributed by atoms with Gasteiger partial charge in [-0.25, -0.2) is 0 Å². The van der Waals surface area contributed by atoms with Gasteiger partial charge < -0.3 is 0 Å². The summed E-state index contributed by atoms with van der Waals surface area (Å²) in [6.45, 7) is 4.69. The van der Waals surface area contributed by atoms with Crippen LogP contribution in [0.25, 0.3) is 0 Å². The van der Waals surface area contributed by atoms with Crippen molar-refractivity contribution in [1.29, 1.82) is 0 Å². The molecule has 0 aliphatic rings. The summed E-state index contributed by atoms with van der Waals surface area (Å²) in [5.41, 5.74) is 0. The second kappa shape index (κ2) is 6.41. The fraction of sp³-hybridized carbons (Fsp3) is 1.00. The van der Waals surface area contributed by atoms with Gasteiger partial charge in [0.25, 0.3) is 0 Å². The SMILES string of the molecule is CSCC(C)C(C)CSC. The number of hydrogen-bond acceptors (Lipinski definition) is 2. The Hall–Kier alpha value is 0.700. The van der Waals surface area contributed by atoms with Gasteiger partial charge in [-0.15, -0.1) is 0 Å². The van der Waals surface area contributed by atoms with Crippen molar-refractivity contribution in [2.45, 2.75) is 13.8 Å². The van der Waals surface area contributed by atoms with Crippen LogP contribution in [0.4, 0.5) is 0 Å². The van der Waals surface area contributed by atoms with E-state index in [0.29, 0.717) is 0 Å². The van der Waals surface area contributed by atoms with Crippen LogP contribution < -0.4 is 0 Å². The Balaban J connectivity index is 3.38. The molecule has 2 atom stereocenters. The molecule has 0 saturated heterocycles. The van der Waals surface area contributed by atoms with Crippen molar-refractivity contribution in [3.8, 4) is 0 Å². The molecule has 2 heteroatoms. The van der Waals surface area contributed by atoms with E-state index in [-0.39, 0.29) is 0 Å². The summed E-state index contributed by atoms with van der Waals surface area (Å²) in [4.78, 5) is 0. The Bertz CT molecular complexity index is 63.7. The number of thioether (sulfide) groups is 2. The zero-order valence-corrected chi connectivity index (χ0v) is 9.02. The molecule has 0 aromatic heterocycles. The van der Waals surface area contributed by atoms with Gasteiger partial charge in [0.15, 0.2) is 0 Å². The van der Waals surface area contributed by atoms with E-state index in [0.717, 1.165) is 11.8 Å². The highest BCUT2D eigenvalue weighted by Gasteiger charge is 2.09. The predicted octanol–water partition coefficient (Wildman–Crippen LogP) is 2.98. The second-order valence-electron chi connectivity index (χ2n) is 2.87. The van der Waals surface area contributed by atoms with Gasteiger partial charge in [-0.1, -0.05) is 13.8 Å². The molecule has 62 valence electrons. The summed E-state index contributed by atoms with van der Waals surface area (Å²) in [6.07, 6.45) is 4.37. The molecule has 0 spiro atoms. The third-order valence-corrected chi connectivity index (χ3v) is 3.55. The monoisotopic (exact) mass is 178 g/mol.